The van der Waals surface area contributed by atoms with E-state index in [4.69, 9.17) is 15.3 Å². The van der Waals surface area contributed by atoms with Crippen molar-refractivity contribution in [3.63, 3.8) is 0 Å². The molecule has 1 rings (SSSR count). The fraction of sp³-hybridized carbons (Fsp3) is 0.938. The standard InChI is InChI=1S/C16H33N3O3/c1-15(2,3)22-14(20)19-10-8-12(11-19)13(18-17)7-9-16(4,5)21-6/h12-13,18H,7-11,17H2,1-6H3. The fourth-order valence-electron chi connectivity index (χ4n) is 2.67. The third-order valence-electron chi connectivity index (χ3n) is 4.27. The van der Waals surface area contributed by atoms with Gasteiger partial charge in [-0.05, 0) is 59.8 Å². The normalized spacial score (nSPS) is 21.0. The molecular weight excluding hydrogens is 282 g/mol. The maximum absolute atomic E-state index is 12.1. The van der Waals surface area contributed by atoms with Gasteiger partial charge >= 0.3 is 6.09 Å². The molecule has 2 atom stereocenters. The van der Waals surface area contributed by atoms with Gasteiger partial charge in [0.25, 0.3) is 0 Å². The summed E-state index contributed by atoms with van der Waals surface area (Å²) in [4.78, 5) is 13.9. The molecule has 0 spiro atoms. The van der Waals surface area contributed by atoms with Gasteiger partial charge in [-0.25, -0.2) is 4.79 Å². The number of nitrogens with zero attached hydrogens (tertiary/aromatic N) is 1. The molecule has 1 aliphatic rings. The number of carbonyl (C=O) groups excluding carboxylic acids is 1. The molecule has 1 amide bonds. The highest BCUT2D eigenvalue weighted by Crippen LogP contribution is 2.26. The maximum Gasteiger partial charge on any atom is 0.410 e. The Bertz CT molecular complexity index is 366. The summed E-state index contributed by atoms with van der Waals surface area (Å²) in [7, 11) is 1.73. The van der Waals surface area contributed by atoms with Crippen molar-refractivity contribution in [2.45, 2.75) is 71.1 Å². The van der Waals surface area contributed by atoms with E-state index in [2.05, 4.69) is 19.3 Å². The Morgan fingerprint density at radius 2 is 2.00 bits per heavy atom. The Kier molecular flexibility index (Phi) is 6.65. The molecule has 130 valence electrons. The molecule has 6 nitrogen and oxygen atoms in total. The zero-order valence-electron chi connectivity index (χ0n) is 14.9. The number of rotatable bonds is 6. The number of hydrogen-bond acceptors (Lipinski definition) is 5. The van der Waals surface area contributed by atoms with Crippen molar-refractivity contribution in [3.8, 4) is 0 Å². The van der Waals surface area contributed by atoms with E-state index in [1.165, 1.54) is 0 Å². The van der Waals surface area contributed by atoms with Crippen molar-refractivity contribution in [1.82, 2.24) is 10.3 Å². The fourth-order valence-corrected chi connectivity index (χ4v) is 2.67. The molecule has 3 N–H and O–H groups in total. The number of hydrogen-bond donors (Lipinski definition) is 2. The molecule has 0 radical (unpaired) electrons. The van der Waals surface area contributed by atoms with Crippen molar-refractivity contribution in [3.05, 3.63) is 0 Å². The molecule has 1 heterocycles. The molecule has 0 aromatic heterocycles. The molecule has 1 saturated heterocycles. The summed E-state index contributed by atoms with van der Waals surface area (Å²) in [6.07, 6.45) is 2.55. The van der Waals surface area contributed by atoms with Crippen molar-refractivity contribution >= 4 is 6.09 Å². The van der Waals surface area contributed by atoms with Crippen LogP contribution in [0, 0.1) is 5.92 Å². The van der Waals surface area contributed by atoms with E-state index >= 15 is 0 Å². The van der Waals surface area contributed by atoms with Crippen LogP contribution in [0.25, 0.3) is 0 Å². The van der Waals surface area contributed by atoms with Crippen LogP contribution in [0.4, 0.5) is 4.79 Å². The van der Waals surface area contributed by atoms with Crippen LogP contribution in [0.2, 0.25) is 0 Å². The molecule has 0 aromatic carbocycles. The van der Waals surface area contributed by atoms with Crippen molar-refractivity contribution < 1.29 is 14.3 Å². The van der Waals surface area contributed by atoms with Crippen LogP contribution in [0.5, 0.6) is 0 Å². The van der Waals surface area contributed by atoms with Crippen molar-refractivity contribution in [2.24, 2.45) is 11.8 Å². The lowest BCUT2D eigenvalue weighted by molar-refractivity contribution is 0.00978. The summed E-state index contributed by atoms with van der Waals surface area (Å²) < 4.78 is 10.9. The molecule has 2 unspecified atom stereocenters. The summed E-state index contributed by atoms with van der Waals surface area (Å²) in [5.74, 6) is 6.07. The average Bonchev–Trinajstić information content (AvgIpc) is 2.87. The summed E-state index contributed by atoms with van der Waals surface area (Å²) >= 11 is 0. The smallest absolute Gasteiger partial charge is 0.410 e. The van der Waals surface area contributed by atoms with E-state index in [-0.39, 0.29) is 17.7 Å². The quantitative estimate of drug-likeness (QED) is 0.581. The number of ether oxygens (including phenoxy) is 2. The maximum atomic E-state index is 12.1. The zero-order chi connectivity index (χ0) is 17.0. The Morgan fingerprint density at radius 3 is 2.50 bits per heavy atom. The first-order chi connectivity index (χ1) is 10.1. The molecular formula is C16H33N3O3. The lowest BCUT2D eigenvalue weighted by atomic mass is 9.91. The second-order valence-corrected chi connectivity index (χ2v) is 7.75. The first-order valence-electron chi connectivity index (χ1n) is 8.07. The number of nitrogens with one attached hydrogen (secondary N) is 1. The highest BCUT2D eigenvalue weighted by Gasteiger charge is 2.34. The van der Waals surface area contributed by atoms with Crippen LogP contribution in [0.1, 0.15) is 53.9 Å². The van der Waals surface area contributed by atoms with Gasteiger partial charge in [0.15, 0.2) is 0 Å². The van der Waals surface area contributed by atoms with Crippen LogP contribution in [-0.4, -0.2) is 48.4 Å². The minimum atomic E-state index is -0.455. The van der Waals surface area contributed by atoms with E-state index in [0.29, 0.717) is 12.5 Å². The monoisotopic (exact) mass is 315 g/mol. The predicted octanol–water partition coefficient (Wildman–Crippen LogP) is 2.28. The number of carbonyl (C=O) groups is 1. The van der Waals surface area contributed by atoms with Gasteiger partial charge in [-0.2, -0.15) is 0 Å². The van der Waals surface area contributed by atoms with E-state index in [0.717, 1.165) is 25.8 Å². The first-order valence-corrected chi connectivity index (χ1v) is 8.07. The third kappa shape index (κ3) is 6.10. The molecule has 6 heteroatoms. The van der Waals surface area contributed by atoms with Gasteiger partial charge in [0.2, 0.25) is 0 Å². The summed E-state index contributed by atoms with van der Waals surface area (Å²) in [5, 5.41) is 0. The highest BCUT2D eigenvalue weighted by atomic mass is 16.6. The lowest BCUT2D eigenvalue weighted by Gasteiger charge is -2.29. The van der Waals surface area contributed by atoms with E-state index in [1.807, 2.05) is 20.8 Å². The number of nitrogens with two attached hydrogens (primary N) is 1. The molecule has 0 aliphatic carbocycles. The van der Waals surface area contributed by atoms with Gasteiger partial charge in [0.1, 0.15) is 5.60 Å². The highest BCUT2D eigenvalue weighted by molar-refractivity contribution is 5.68. The van der Waals surface area contributed by atoms with Gasteiger partial charge in [-0.1, -0.05) is 0 Å². The molecule has 22 heavy (non-hydrogen) atoms. The van der Waals surface area contributed by atoms with E-state index in [9.17, 15) is 4.79 Å². The first kappa shape index (κ1) is 19.2. The Hall–Kier alpha value is -0.850. The van der Waals surface area contributed by atoms with E-state index in [1.54, 1.807) is 12.0 Å². The number of likely N-dealkylation sites (tertiary alicyclic amines) is 1. The second kappa shape index (κ2) is 7.62. The zero-order valence-corrected chi connectivity index (χ0v) is 14.9. The van der Waals surface area contributed by atoms with Crippen molar-refractivity contribution in [2.75, 3.05) is 20.2 Å². The molecule has 0 saturated carbocycles. The summed E-state index contributed by atoms with van der Waals surface area (Å²) in [6.45, 7) is 11.2. The molecule has 0 bridgehead atoms. The topological polar surface area (TPSA) is 76.8 Å². The molecule has 1 aliphatic heterocycles. The molecule has 0 aromatic rings. The summed E-state index contributed by atoms with van der Waals surface area (Å²) in [6, 6.07) is 0.182. The minimum absolute atomic E-state index is 0.154. The average molecular weight is 315 g/mol. The second-order valence-electron chi connectivity index (χ2n) is 7.75. The van der Waals surface area contributed by atoms with Gasteiger partial charge < -0.3 is 14.4 Å². The van der Waals surface area contributed by atoms with E-state index < -0.39 is 5.60 Å². The predicted molar refractivity (Wildman–Crippen MR) is 87.3 cm³/mol. The minimum Gasteiger partial charge on any atom is -0.444 e. The molecule has 1 fully saturated rings. The Balaban J connectivity index is 2.51. The van der Waals surface area contributed by atoms with Gasteiger partial charge in [-0.3, -0.25) is 11.3 Å². The third-order valence-corrected chi connectivity index (χ3v) is 4.27. The number of amides is 1. The van der Waals surface area contributed by atoms with Crippen LogP contribution >= 0.6 is 0 Å². The summed E-state index contributed by atoms with van der Waals surface area (Å²) in [5.41, 5.74) is 2.30. The van der Waals surface area contributed by atoms with Crippen LogP contribution in [0.3, 0.4) is 0 Å². The Labute approximate surface area is 134 Å². The Morgan fingerprint density at radius 1 is 1.36 bits per heavy atom. The lowest BCUT2D eigenvalue weighted by Crippen LogP contribution is -2.44. The van der Waals surface area contributed by atoms with Gasteiger partial charge in [0.05, 0.1) is 5.60 Å². The SMILES string of the molecule is COC(C)(C)CCC(NN)C1CCN(C(=O)OC(C)(C)C)C1. The van der Waals surface area contributed by atoms with Crippen LogP contribution < -0.4 is 11.3 Å². The number of methoxy groups -OCH3 is 1. The van der Waals surface area contributed by atoms with Gasteiger partial charge in [-0.15, -0.1) is 0 Å². The van der Waals surface area contributed by atoms with Gasteiger partial charge in [0, 0.05) is 26.2 Å². The number of hydrazine groups is 1. The van der Waals surface area contributed by atoms with Crippen molar-refractivity contribution in [1.29, 1.82) is 0 Å². The van der Waals surface area contributed by atoms with Crippen LogP contribution in [-0.2, 0) is 9.47 Å². The largest absolute Gasteiger partial charge is 0.444 e. The van der Waals surface area contributed by atoms with Crippen LogP contribution in [0.15, 0.2) is 0 Å².